The molecule has 1 rings (SSSR count). The van der Waals surface area contributed by atoms with Gasteiger partial charge in [0, 0.05) is 30.6 Å². The molecule has 0 fully saturated rings. The van der Waals surface area contributed by atoms with Crippen molar-refractivity contribution in [3.63, 3.8) is 0 Å². The van der Waals surface area contributed by atoms with Crippen LogP contribution in [0.2, 0.25) is 0 Å². The number of nitrogens with one attached hydrogen (secondary N) is 1. The molecule has 1 aromatic rings. The van der Waals surface area contributed by atoms with E-state index in [-0.39, 0.29) is 0 Å². The van der Waals surface area contributed by atoms with Gasteiger partial charge in [-0.1, -0.05) is 12.1 Å². The quantitative estimate of drug-likeness (QED) is 0.565. The van der Waals surface area contributed by atoms with Crippen LogP contribution in [0, 0.1) is 0 Å². The van der Waals surface area contributed by atoms with E-state index in [1.165, 1.54) is 4.88 Å². The number of hydrogen-bond acceptors (Lipinski definition) is 3. The van der Waals surface area contributed by atoms with Crippen molar-refractivity contribution in [2.24, 2.45) is 0 Å². The second kappa shape index (κ2) is 6.77. The minimum Gasteiger partial charge on any atom is -0.312 e. The second-order valence-corrected chi connectivity index (χ2v) is 4.82. The summed E-state index contributed by atoms with van der Waals surface area (Å²) >= 11 is 1.82. The summed E-state index contributed by atoms with van der Waals surface area (Å²) in [5, 5.41) is 5.47. The Morgan fingerprint density at radius 3 is 3.07 bits per heavy atom. The zero-order valence-corrected chi connectivity index (χ0v) is 10.4. The van der Waals surface area contributed by atoms with E-state index in [0.29, 0.717) is 6.04 Å². The predicted octanol–water partition coefficient (Wildman–Crippen LogP) is 2.34. The second-order valence-electron chi connectivity index (χ2n) is 3.79. The molecule has 0 aromatic carbocycles. The number of likely N-dealkylation sites (N-methyl/N-ethyl adjacent to an activating group) is 1. The molecule has 3 heteroatoms. The molecule has 0 saturated heterocycles. The van der Waals surface area contributed by atoms with Gasteiger partial charge in [0.1, 0.15) is 0 Å². The van der Waals surface area contributed by atoms with Crippen LogP contribution in [0.15, 0.2) is 30.2 Å². The zero-order valence-electron chi connectivity index (χ0n) is 9.57. The fourth-order valence-corrected chi connectivity index (χ4v) is 2.12. The Morgan fingerprint density at radius 1 is 1.67 bits per heavy atom. The van der Waals surface area contributed by atoms with Gasteiger partial charge in [0.15, 0.2) is 0 Å². The van der Waals surface area contributed by atoms with Crippen molar-refractivity contribution < 1.29 is 0 Å². The Bertz CT molecular complexity index is 269. The summed E-state index contributed by atoms with van der Waals surface area (Å²) in [6.45, 7) is 8.86. The van der Waals surface area contributed by atoms with Crippen LogP contribution in [0.4, 0.5) is 0 Å². The molecule has 0 aliphatic heterocycles. The maximum absolute atomic E-state index is 3.69. The van der Waals surface area contributed by atoms with Crippen LogP contribution in [0.1, 0.15) is 11.8 Å². The van der Waals surface area contributed by atoms with Crippen LogP contribution < -0.4 is 5.32 Å². The maximum atomic E-state index is 3.69. The highest BCUT2D eigenvalue weighted by atomic mass is 32.1. The van der Waals surface area contributed by atoms with Crippen molar-refractivity contribution in [2.75, 3.05) is 20.1 Å². The lowest BCUT2D eigenvalue weighted by Crippen LogP contribution is -2.37. The molecule has 0 amide bonds. The largest absolute Gasteiger partial charge is 0.312 e. The predicted molar refractivity (Wildman–Crippen MR) is 68.3 cm³/mol. The number of rotatable bonds is 7. The van der Waals surface area contributed by atoms with Gasteiger partial charge < -0.3 is 5.32 Å². The Kier molecular flexibility index (Phi) is 5.61. The van der Waals surface area contributed by atoms with Crippen molar-refractivity contribution in [3.05, 3.63) is 35.0 Å². The maximum Gasteiger partial charge on any atom is 0.0328 e. The van der Waals surface area contributed by atoms with E-state index >= 15 is 0 Å². The lowest BCUT2D eigenvalue weighted by molar-refractivity contribution is 0.247. The summed E-state index contributed by atoms with van der Waals surface area (Å²) in [4.78, 5) is 3.79. The highest BCUT2D eigenvalue weighted by Crippen LogP contribution is 2.12. The van der Waals surface area contributed by atoms with E-state index in [4.69, 9.17) is 0 Å². The summed E-state index contributed by atoms with van der Waals surface area (Å²) in [6, 6.07) is 4.84. The molecule has 84 valence electrons. The molecule has 2 nitrogen and oxygen atoms in total. The molecule has 1 unspecified atom stereocenters. The van der Waals surface area contributed by atoms with Gasteiger partial charge in [-0.05, 0) is 25.4 Å². The zero-order chi connectivity index (χ0) is 11.1. The van der Waals surface area contributed by atoms with Crippen molar-refractivity contribution in [1.29, 1.82) is 0 Å². The number of hydrogen-bond donors (Lipinski definition) is 1. The Labute approximate surface area is 96.6 Å². The van der Waals surface area contributed by atoms with Crippen molar-refractivity contribution in [1.82, 2.24) is 10.2 Å². The minimum absolute atomic E-state index is 0.548. The smallest absolute Gasteiger partial charge is 0.0328 e. The summed E-state index contributed by atoms with van der Waals surface area (Å²) in [7, 11) is 2.17. The molecule has 0 saturated carbocycles. The number of thiophene rings is 1. The van der Waals surface area contributed by atoms with E-state index < -0.39 is 0 Å². The standard InChI is InChI=1S/C12H20N2S/c1-4-7-13-9-11(2)14(3)10-12-6-5-8-15-12/h4-6,8,11,13H,1,7,9-10H2,2-3H3. The molecule has 0 bridgehead atoms. The third kappa shape index (κ3) is 4.60. The average Bonchev–Trinajstić information content (AvgIpc) is 2.70. The van der Waals surface area contributed by atoms with Gasteiger partial charge in [-0.3, -0.25) is 4.90 Å². The third-order valence-corrected chi connectivity index (χ3v) is 3.33. The van der Waals surface area contributed by atoms with E-state index in [9.17, 15) is 0 Å². The Hall–Kier alpha value is -0.640. The fourth-order valence-electron chi connectivity index (χ4n) is 1.35. The summed E-state index contributed by atoms with van der Waals surface area (Å²) < 4.78 is 0. The van der Waals surface area contributed by atoms with Crippen molar-refractivity contribution in [3.8, 4) is 0 Å². The van der Waals surface area contributed by atoms with Gasteiger partial charge in [0.2, 0.25) is 0 Å². The first-order valence-corrected chi connectivity index (χ1v) is 6.16. The van der Waals surface area contributed by atoms with E-state index in [0.717, 1.165) is 19.6 Å². The molecule has 0 spiro atoms. The van der Waals surface area contributed by atoms with Crippen molar-refractivity contribution in [2.45, 2.75) is 19.5 Å². The first kappa shape index (κ1) is 12.4. The SMILES string of the molecule is C=CCNCC(C)N(C)Cc1cccs1. The highest BCUT2D eigenvalue weighted by Gasteiger charge is 2.08. The molecule has 1 N–H and O–H groups in total. The molecule has 1 atom stereocenters. The van der Waals surface area contributed by atoms with Gasteiger partial charge in [-0.15, -0.1) is 17.9 Å². The summed E-state index contributed by atoms with van der Waals surface area (Å²) in [5.41, 5.74) is 0. The molecule has 0 aliphatic carbocycles. The van der Waals surface area contributed by atoms with Crippen LogP contribution in [-0.2, 0) is 6.54 Å². The molecular weight excluding hydrogens is 204 g/mol. The van der Waals surface area contributed by atoms with Crippen LogP contribution in [0.3, 0.4) is 0 Å². The van der Waals surface area contributed by atoms with Gasteiger partial charge in [0.25, 0.3) is 0 Å². The summed E-state index contributed by atoms with van der Waals surface area (Å²) in [6.07, 6.45) is 1.89. The van der Waals surface area contributed by atoms with Gasteiger partial charge >= 0.3 is 0 Å². The third-order valence-electron chi connectivity index (χ3n) is 2.47. The normalized spacial score (nSPS) is 13.0. The molecule has 15 heavy (non-hydrogen) atoms. The lowest BCUT2D eigenvalue weighted by atomic mass is 10.3. The van der Waals surface area contributed by atoms with Gasteiger partial charge in [-0.25, -0.2) is 0 Å². The first-order valence-electron chi connectivity index (χ1n) is 5.28. The van der Waals surface area contributed by atoms with Gasteiger partial charge in [0.05, 0.1) is 0 Å². The first-order chi connectivity index (χ1) is 7.24. The average molecular weight is 224 g/mol. The lowest BCUT2D eigenvalue weighted by Gasteiger charge is -2.24. The van der Waals surface area contributed by atoms with E-state index in [1.807, 2.05) is 17.4 Å². The van der Waals surface area contributed by atoms with E-state index in [2.05, 4.69) is 48.3 Å². The Morgan fingerprint density at radius 2 is 2.47 bits per heavy atom. The number of nitrogens with zero attached hydrogens (tertiary/aromatic N) is 1. The topological polar surface area (TPSA) is 15.3 Å². The molecule has 1 aromatic heterocycles. The van der Waals surface area contributed by atoms with Gasteiger partial charge in [-0.2, -0.15) is 0 Å². The highest BCUT2D eigenvalue weighted by molar-refractivity contribution is 7.09. The minimum atomic E-state index is 0.548. The fraction of sp³-hybridized carbons (Fsp3) is 0.500. The Balaban J connectivity index is 2.26. The molecule has 0 radical (unpaired) electrons. The molecule has 1 heterocycles. The molecule has 0 aliphatic rings. The monoisotopic (exact) mass is 224 g/mol. The van der Waals surface area contributed by atoms with Crippen LogP contribution >= 0.6 is 11.3 Å². The van der Waals surface area contributed by atoms with Crippen LogP contribution in [-0.4, -0.2) is 31.1 Å². The van der Waals surface area contributed by atoms with Crippen LogP contribution in [0.25, 0.3) is 0 Å². The van der Waals surface area contributed by atoms with Crippen LogP contribution in [0.5, 0.6) is 0 Å². The van der Waals surface area contributed by atoms with E-state index in [1.54, 1.807) is 0 Å². The molecular formula is C12H20N2S. The summed E-state index contributed by atoms with van der Waals surface area (Å²) in [5.74, 6) is 0. The van der Waals surface area contributed by atoms with Crippen molar-refractivity contribution >= 4 is 11.3 Å².